The normalized spacial score (nSPS) is 11.6. The third-order valence-electron chi connectivity index (χ3n) is 10.5. The van der Waals surface area contributed by atoms with Crippen molar-refractivity contribution in [1.82, 2.24) is 15.0 Å². The molecule has 0 aliphatic rings. The van der Waals surface area contributed by atoms with Gasteiger partial charge >= 0.3 is 0 Å². The van der Waals surface area contributed by atoms with E-state index in [0.29, 0.717) is 17.5 Å². The quantitative estimate of drug-likeness (QED) is 0.171. The van der Waals surface area contributed by atoms with Crippen LogP contribution in [0.3, 0.4) is 0 Å². The Morgan fingerprint density at radius 1 is 0.286 bits per heavy atom. The molecule has 5 nitrogen and oxygen atoms in total. The van der Waals surface area contributed by atoms with Crippen molar-refractivity contribution >= 4 is 43.9 Å². The van der Waals surface area contributed by atoms with Crippen LogP contribution in [0.15, 0.2) is 197 Å². The van der Waals surface area contributed by atoms with Gasteiger partial charge in [0.1, 0.15) is 22.3 Å². The molecule has 0 saturated carbocycles. The molecule has 0 fully saturated rings. The maximum Gasteiger partial charge on any atom is 0.167 e. The summed E-state index contributed by atoms with van der Waals surface area (Å²) in [5, 5.41) is 4.02. The Bertz CT molecular complexity index is 3250. The van der Waals surface area contributed by atoms with Gasteiger partial charge in [0.05, 0.1) is 5.56 Å². The van der Waals surface area contributed by atoms with Crippen molar-refractivity contribution < 1.29 is 8.83 Å². The largest absolute Gasteiger partial charge is 0.456 e. The molecule has 262 valence electrons. The Balaban J connectivity index is 1.06. The summed E-state index contributed by atoms with van der Waals surface area (Å²) in [7, 11) is 0. The number of para-hydroxylation sites is 2. The summed E-state index contributed by atoms with van der Waals surface area (Å²) in [6.45, 7) is 0. The van der Waals surface area contributed by atoms with E-state index in [1.54, 1.807) is 0 Å². The van der Waals surface area contributed by atoms with E-state index in [4.69, 9.17) is 23.8 Å². The summed E-state index contributed by atoms with van der Waals surface area (Å²) in [5.41, 5.74) is 12.6. The molecule has 0 atom stereocenters. The van der Waals surface area contributed by atoms with Gasteiger partial charge in [0.2, 0.25) is 0 Å². The summed E-state index contributed by atoms with van der Waals surface area (Å²) in [4.78, 5) is 15.4. The van der Waals surface area contributed by atoms with Gasteiger partial charge in [-0.2, -0.15) is 0 Å². The zero-order valence-electron chi connectivity index (χ0n) is 30.1. The Hall–Kier alpha value is -7.63. The summed E-state index contributed by atoms with van der Waals surface area (Å²) >= 11 is 0. The number of benzene rings is 8. The molecule has 11 aromatic rings. The number of furan rings is 2. The van der Waals surface area contributed by atoms with Gasteiger partial charge in [-0.05, 0) is 75.8 Å². The van der Waals surface area contributed by atoms with Crippen LogP contribution in [-0.4, -0.2) is 15.0 Å². The molecule has 56 heavy (non-hydrogen) atoms. The first-order chi connectivity index (χ1) is 27.7. The Labute approximate surface area is 322 Å². The lowest BCUT2D eigenvalue weighted by atomic mass is 9.95. The maximum atomic E-state index is 6.49. The van der Waals surface area contributed by atoms with Gasteiger partial charge in [0.15, 0.2) is 17.5 Å². The number of fused-ring (bicyclic) bond motifs is 6. The van der Waals surface area contributed by atoms with Crippen molar-refractivity contribution in [2.24, 2.45) is 0 Å². The van der Waals surface area contributed by atoms with Crippen molar-refractivity contribution in [3.05, 3.63) is 188 Å². The molecule has 0 aliphatic heterocycles. The topological polar surface area (TPSA) is 65.0 Å². The van der Waals surface area contributed by atoms with Crippen LogP contribution in [-0.2, 0) is 0 Å². The van der Waals surface area contributed by atoms with E-state index in [2.05, 4.69) is 109 Å². The van der Waals surface area contributed by atoms with Crippen molar-refractivity contribution in [3.8, 4) is 67.5 Å². The standard InChI is InChI=1S/C51H31N3O2/c1-3-13-32(14-4-1)34-17-9-18-35(29-34)36-19-10-20-37(30-36)38-27-28-45-43(31-38)47-41(23-12-26-46(47)55-45)50-52-49(33-15-5-2-6-16-33)53-51(54-50)42-24-11-22-40-39-21-7-8-25-44(39)56-48(40)42/h1-31H. The highest BCUT2D eigenvalue weighted by Gasteiger charge is 2.20. The molecule has 3 heterocycles. The summed E-state index contributed by atoms with van der Waals surface area (Å²) < 4.78 is 12.9. The Kier molecular flexibility index (Phi) is 7.42. The first-order valence-electron chi connectivity index (χ1n) is 18.7. The molecule has 5 heteroatoms. The first kappa shape index (κ1) is 31.9. The van der Waals surface area contributed by atoms with Crippen LogP contribution < -0.4 is 0 Å². The van der Waals surface area contributed by atoms with E-state index in [1.165, 1.54) is 16.7 Å². The van der Waals surface area contributed by atoms with Gasteiger partial charge < -0.3 is 8.83 Å². The number of aromatic nitrogens is 3. The third-order valence-corrected chi connectivity index (χ3v) is 10.5. The second-order valence-corrected chi connectivity index (χ2v) is 14.0. The minimum Gasteiger partial charge on any atom is -0.456 e. The second kappa shape index (κ2) is 13.0. The summed E-state index contributed by atoms with van der Waals surface area (Å²) in [5.74, 6) is 1.68. The molecule has 0 N–H and O–H groups in total. The van der Waals surface area contributed by atoms with E-state index in [0.717, 1.165) is 77.3 Å². The lowest BCUT2D eigenvalue weighted by Crippen LogP contribution is -2.00. The smallest absolute Gasteiger partial charge is 0.167 e. The zero-order valence-corrected chi connectivity index (χ0v) is 30.1. The molecule has 0 unspecified atom stereocenters. The average Bonchev–Trinajstić information content (AvgIpc) is 3.85. The minimum atomic E-state index is 0.539. The van der Waals surface area contributed by atoms with Crippen LogP contribution in [0.5, 0.6) is 0 Å². The summed E-state index contributed by atoms with van der Waals surface area (Å²) in [6, 6.07) is 64.7. The van der Waals surface area contributed by atoms with Crippen molar-refractivity contribution in [2.45, 2.75) is 0 Å². The molecule has 11 rings (SSSR count). The predicted molar refractivity (Wildman–Crippen MR) is 227 cm³/mol. The van der Waals surface area contributed by atoms with Crippen LogP contribution in [0, 0.1) is 0 Å². The lowest BCUT2D eigenvalue weighted by Gasteiger charge is -2.10. The molecular formula is C51H31N3O2. The van der Waals surface area contributed by atoms with Gasteiger partial charge in [0, 0.05) is 32.7 Å². The van der Waals surface area contributed by atoms with E-state index in [-0.39, 0.29) is 0 Å². The van der Waals surface area contributed by atoms with Crippen LogP contribution in [0.4, 0.5) is 0 Å². The molecule has 3 aromatic heterocycles. The SMILES string of the molecule is c1ccc(-c2cccc(-c3cccc(-c4ccc5oc6cccc(-c7nc(-c8ccccc8)nc(-c8cccc9c8oc8ccccc89)n7)c6c5c4)c3)c2)cc1. The fourth-order valence-corrected chi connectivity index (χ4v) is 7.84. The van der Waals surface area contributed by atoms with Gasteiger partial charge in [-0.15, -0.1) is 0 Å². The summed E-state index contributed by atoms with van der Waals surface area (Å²) in [6.07, 6.45) is 0. The van der Waals surface area contributed by atoms with E-state index in [1.807, 2.05) is 78.9 Å². The molecule has 0 aliphatic carbocycles. The fourth-order valence-electron chi connectivity index (χ4n) is 7.84. The van der Waals surface area contributed by atoms with Crippen LogP contribution >= 0.6 is 0 Å². The average molecular weight is 718 g/mol. The first-order valence-corrected chi connectivity index (χ1v) is 18.7. The molecule has 0 amide bonds. The highest BCUT2D eigenvalue weighted by atomic mass is 16.3. The van der Waals surface area contributed by atoms with Gasteiger partial charge in [-0.3, -0.25) is 0 Å². The van der Waals surface area contributed by atoms with Crippen LogP contribution in [0.2, 0.25) is 0 Å². The zero-order chi connectivity index (χ0) is 37.0. The fraction of sp³-hybridized carbons (Fsp3) is 0. The number of hydrogen-bond acceptors (Lipinski definition) is 5. The van der Waals surface area contributed by atoms with E-state index in [9.17, 15) is 0 Å². The van der Waals surface area contributed by atoms with Crippen LogP contribution in [0.1, 0.15) is 0 Å². The number of hydrogen-bond donors (Lipinski definition) is 0. The molecule has 0 radical (unpaired) electrons. The lowest BCUT2D eigenvalue weighted by molar-refractivity contribution is 0.668. The van der Waals surface area contributed by atoms with E-state index < -0.39 is 0 Å². The van der Waals surface area contributed by atoms with E-state index >= 15 is 0 Å². The maximum absolute atomic E-state index is 6.49. The Morgan fingerprint density at radius 2 is 0.786 bits per heavy atom. The van der Waals surface area contributed by atoms with Crippen molar-refractivity contribution in [1.29, 1.82) is 0 Å². The number of nitrogens with zero attached hydrogens (tertiary/aromatic N) is 3. The highest BCUT2D eigenvalue weighted by molar-refractivity contribution is 6.13. The van der Waals surface area contributed by atoms with Crippen LogP contribution in [0.25, 0.3) is 111 Å². The molecule has 8 aromatic carbocycles. The second-order valence-electron chi connectivity index (χ2n) is 14.0. The number of rotatable bonds is 6. The molecule has 0 spiro atoms. The van der Waals surface area contributed by atoms with Gasteiger partial charge in [-0.1, -0.05) is 146 Å². The van der Waals surface area contributed by atoms with Crippen molar-refractivity contribution in [2.75, 3.05) is 0 Å². The Morgan fingerprint density at radius 3 is 1.54 bits per heavy atom. The molecule has 0 bridgehead atoms. The highest BCUT2D eigenvalue weighted by Crippen LogP contribution is 2.40. The van der Waals surface area contributed by atoms with Gasteiger partial charge in [0.25, 0.3) is 0 Å². The predicted octanol–water partition coefficient (Wildman–Crippen LogP) is 13.7. The van der Waals surface area contributed by atoms with Gasteiger partial charge in [-0.25, -0.2) is 15.0 Å². The minimum absolute atomic E-state index is 0.539. The van der Waals surface area contributed by atoms with Crippen molar-refractivity contribution in [3.63, 3.8) is 0 Å². The molecule has 0 saturated heterocycles. The molecular weight excluding hydrogens is 687 g/mol. The third kappa shape index (κ3) is 5.45. The monoisotopic (exact) mass is 717 g/mol.